The number of rotatable bonds is 4. The van der Waals surface area contributed by atoms with E-state index in [0.717, 1.165) is 6.08 Å². The van der Waals surface area contributed by atoms with Crippen molar-refractivity contribution < 1.29 is 14.3 Å². The van der Waals surface area contributed by atoms with E-state index in [1.54, 1.807) is 6.92 Å². The van der Waals surface area contributed by atoms with Crippen LogP contribution in [0.1, 0.15) is 13.3 Å². The number of esters is 1. The Balaban J connectivity index is 3.44. The lowest BCUT2D eigenvalue weighted by Gasteiger charge is -1.96. The summed E-state index contributed by atoms with van der Waals surface area (Å²) in [6, 6.07) is 0. The van der Waals surface area contributed by atoms with Gasteiger partial charge in [0.2, 0.25) is 0 Å². The van der Waals surface area contributed by atoms with Crippen molar-refractivity contribution >= 4 is 11.8 Å². The molecule has 3 nitrogen and oxygen atoms in total. The van der Waals surface area contributed by atoms with Crippen molar-refractivity contribution in [3.8, 4) is 0 Å². The van der Waals surface area contributed by atoms with Gasteiger partial charge in [-0.3, -0.25) is 4.79 Å². The fraction of sp³-hybridized carbons (Fsp3) is 0.429. The van der Waals surface area contributed by atoms with E-state index in [2.05, 4.69) is 11.3 Å². The molecular formula is C7H10O3. The first kappa shape index (κ1) is 8.88. The highest BCUT2D eigenvalue weighted by atomic mass is 16.5. The fourth-order valence-electron chi connectivity index (χ4n) is 0.313. The minimum atomic E-state index is -0.554. The van der Waals surface area contributed by atoms with Gasteiger partial charge in [0.1, 0.15) is 6.61 Å². The first-order valence-corrected chi connectivity index (χ1v) is 3.01. The van der Waals surface area contributed by atoms with Gasteiger partial charge in [0, 0.05) is 12.5 Å². The summed E-state index contributed by atoms with van der Waals surface area (Å²) in [6.45, 7) is 4.75. The second kappa shape index (κ2) is 4.73. The molecule has 0 N–H and O–H groups in total. The number of Topliss-reactive ketones (excluding diaryl/α,β-unsaturated/α-hetero) is 1. The molecule has 0 atom stereocenters. The molecule has 0 aromatic rings. The van der Waals surface area contributed by atoms with Gasteiger partial charge >= 0.3 is 5.97 Å². The summed E-state index contributed by atoms with van der Waals surface area (Å²) < 4.78 is 4.44. The summed E-state index contributed by atoms with van der Waals surface area (Å²) in [5.41, 5.74) is 0. The van der Waals surface area contributed by atoms with Crippen LogP contribution in [0.5, 0.6) is 0 Å². The quantitative estimate of drug-likeness (QED) is 0.428. The van der Waals surface area contributed by atoms with Crippen LogP contribution >= 0.6 is 0 Å². The standard InChI is InChI=1S/C7H10O3/c1-3-6(8)5-10-7(9)4-2/h4H,2-3,5H2,1H3. The predicted molar refractivity (Wildman–Crippen MR) is 36.5 cm³/mol. The van der Waals surface area contributed by atoms with Crippen molar-refractivity contribution in [2.75, 3.05) is 6.61 Å². The molecule has 3 heteroatoms. The molecule has 0 saturated carbocycles. The van der Waals surface area contributed by atoms with Crippen molar-refractivity contribution in [1.29, 1.82) is 0 Å². The SMILES string of the molecule is C=CC(=O)OCC(=O)CC. The van der Waals surface area contributed by atoms with Crippen molar-refractivity contribution in [2.45, 2.75) is 13.3 Å². The number of carbonyl (C=O) groups excluding carboxylic acids is 2. The lowest BCUT2D eigenvalue weighted by Crippen LogP contribution is -2.10. The van der Waals surface area contributed by atoms with Gasteiger partial charge in [0.05, 0.1) is 0 Å². The van der Waals surface area contributed by atoms with E-state index in [-0.39, 0.29) is 12.4 Å². The number of carbonyl (C=O) groups is 2. The number of hydrogen-bond donors (Lipinski definition) is 0. The molecule has 0 fully saturated rings. The molecule has 0 unspecified atom stereocenters. The lowest BCUT2D eigenvalue weighted by atomic mass is 10.3. The van der Waals surface area contributed by atoms with Crippen LogP contribution in [0.4, 0.5) is 0 Å². The highest BCUT2D eigenvalue weighted by molar-refractivity contribution is 5.85. The molecular weight excluding hydrogens is 132 g/mol. The normalized spacial score (nSPS) is 8.50. The molecule has 0 aliphatic carbocycles. The maximum Gasteiger partial charge on any atom is 0.330 e. The minimum Gasteiger partial charge on any atom is -0.455 e. The van der Waals surface area contributed by atoms with Crippen LogP contribution in [0, 0.1) is 0 Å². The van der Waals surface area contributed by atoms with Gasteiger partial charge in [0.25, 0.3) is 0 Å². The molecule has 0 aliphatic rings. The molecule has 0 aromatic carbocycles. The summed E-state index contributed by atoms with van der Waals surface area (Å²) in [4.78, 5) is 20.9. The first-order valence-electron chi connectivity index (χ1n) is 3.01. The molecule has 0 aromatic heterocycles. The van der Waals surface area contributed by atoms with Crippen molar-refractivity contribution in [3.63, 3.8) is 0 Å². The number of hydrogen-bond acceptors (Lipinski definition) is 3. The Morgan fingerprint density at radius 2 is 2.20 bits per heavy atom. The average Bonchev–Trinajstić information content (AvgIpc) is 1.99. The van der Waals surface area contributed by atoms with Crippen LogP contribution in [0.15, 0.2) is 12.7 Å². The minimum absolute atomic E-state index is 0.0878. The average molecular weight is 142 g/mol. The van der Waals surface area contributed by atoms with Crippen molar-refractivity contribution in [1.82, 2.24) is 0 Å². The van der Waals surface area contributed by atoms with Crippen molar-refractivity contribution in [2.24, 2.45) is 0 Å². The van der Waals surface area contributed by atoms with Gasteiger partial charge < -0.3 is 4.74 Å². The third kappa shape index (κ3) is 3.83. The van der Waals surface area contributed by atoms with Gasteiger partial charge in [-0.2, -0.15) is 0 Å². The fourth-order valence-corrected chi connectivity index (χ4v) is 0.313. The maximum absolute atomic E-state index is 10.5. The molecule has 0 bridgehead atoms. The second-order valence-corrected chi connectivity index (χ2v) is 1.70. The van der Waals surface area contributed by atoms with Crippen molar-refractivity contribution in [3.05, 3.63) is 12.7 Å². The van der Waals surface area contributed by atoms with Crippen LogP contribution in [-0.2, 0) is 14.3 Å². The maximum atomic E-state index is 10.5. The van der Waals surface area contributed by atoms with E-state index in [1.165, 1.54) is 0 Å². The molecule has 56 valence electrons. The Morgan fingerprint density at radius 3 is 2.60 bits per heavy atom. The Kier molecular flexibility index (Phi) is 4.20. The van der Waals surface area contributed by atoms with Gasteiger partial charge in [-0.25, -0.2) is 4.79 Å². The summed E-state index contributed by atoms with van der Waals surface area (Å²) in [5.74, 6) is -0.642. The molecule has 0 spiro atoms. The molecule has 10 heavy (non-hydrogen) atoms. The highest BCUT2D eigenvalue weighted by Gasteiger charge is 2.00. The topological polar surface area (TPSA) is 43.4 Å². The van der Waals surface area contributed by atoms with Crippen LogP contribution in [0.2, 0.25) is 0 Å². The molecule has 0 saturated heterocycles. The smallest absolute Gasteiger partial charge is 0.330 e. The highest BCUT2D eigenvalue weighted by Crippen LogP contribution is 1.84. The Bertz CT molecular complexity index is 149. The zero-order valence-corrected chi connectivity index (χ0v) is 5.92. The van der Waals surface area contributed by atoms with Crippen LogP contribution in [-0.4, -0.2) is 18.4 Å². The van der Waals surface area contributed by atoms with E-state index in [9.17, 15) is 9.59 Å². The Labute approximate surface area is 59.7 Å². The lowest BCUT2D eigenvalue weighted by molar-refractivity contribution is -0.143. The third-order valence-electron chi connectivity index (χ3n) is 0.936. The van der Waals surface area contributed by atoms with E-state index in [4.69, 9.17) is 0 Å². The van der Waals surface area contributed by atoms with E-state index in [1.807, 2.05) is 0 Å². The second-order valence-electron chi connectivity index (χ2n) is 1.70. The van der Waals surface area contributed by atoms with Gasteiger partial charge in [0.15, 0.2) is 5.78 Å². The Morgan fingerprint density at radius 1 is 1.60 bits per heavy atom. The molecule has 0 radical (unpaired) electrons. The van der Waals surface area contributed by atoms with Gasteiger partial charge in [-0.05, 0) is 0 Å². The summed E-state index contributed by atoms with van der Waals surface area (Å²) in [7, 11) is 0. The predicted octanol–water partition coefficient (Wildman–Crippen LogP) is 0.695. The molecule has 0 heterocycles. The summed E-state index contributed by atoms with van der Waals surface area (Å²) in [6.07, 6.45) is 1.42. The van der Waals surface area contributed by atoms with Crippen LogP contribution < -0.4 is 0 Å². The summed E-state index contributed by atoms with van der Waals surface area (Å²) in [5, 5.41) is 0. The number of ketones is 1. The summed E-state index contributed by atoms with van der Waals surface area (Å²) >= 11 is 0. The number of ether oxygens (including phenoxy) is 1. The largest absolute Gasteiger partial charge is 0.455 e. The Hall–Kier alpha value is -1.12. The zero-order valence-electron chi connectivity index (χ0n) is 5.92. The van der Waals surface area contributed by atoms with Gasteiger partial charge in [-0.1, -0.05) is 13.5 Å². The van der Waals surface area contributed by atoms with E-state index in [0.29, 0.717) is 6.42 Å². The monoisotopic (exact) mass is 142 g/mol. The molecule has 0 rings (SSSR count). The third-order valence-corrected chi connectivity index (χ3v) is 0.936. The van der Waals surface area contributed by atoms with Crippen LogP contribution in [0.25, 0.3) is 0 Å². The van der Waals surface area contributed by atoms with E-state index < -0.39 is 5.97 Å². The van der Waals surface area contributed by atoms with Crippen LogP contribution in [0.3, 0.4) is 0 Å². The van der Waals surface area contributed by atoms with Gasteiger partial charge in [-0.15, -0.1) is 0 Å². The first-order chi connectivity index (χ1) is 4.70. The molecule has 0 amide bonds. The zero-order chi connectivity index (χ0) is 7.98. The molecule has 0 aliphatic heterocycles. The van der Waals surface area contributed by atoms with E-state index >= 15 is 0 Å².